The largest absolute Gasteiger partial charge is 0.497 e. The Labute approximate surface area is 196 Å². The molecule has 1 aromatic heterocycles. The van der Waals surface area contributed by atoms with E-state index in [0.29, 0.717) is 5.13 Å². The van der Waals surface area contributed by atoms with Gasteiger partial charge in [-0.25, -0.2) is 4.98 Å². The zero-order chi connectivity index (χ0) is 22.9. The Bertz CT molecular complexity index is 1330. The molecule has 2 unspecified atom stereocenters. The predicted octanol–water partition coefficient (Wildman–Crippen LogP) is 5.81. The van der Waals surface area contributed by atoms with Crippen molar-refractivity contribution in [3.8, 4) is 5.75 Å². The number of thiazole rings is 1. The second-order valence-electron chi connectivity index (χ2n) is 8.10. The summed E-state index contributed by atoms with van der Waals surface area (Å²) in [6.45, 7) is 3.96. The van der Waals surface area contributed by atoms with Gasteiger partial charge in [0.25, 0.3) is 0 Å². The van der Waals surface area contributed by atoms with Crippen molar-refractivity contribution < 1.29 is 9.53 Å². The van der Waals surface area contributed by atoms with Crippen LogP contribution in [0.15, 0.2) is 77.9 Å². The van der Waals surface area contributed by atoms with Crippen LogP contribution in [0.1, 0.15) is 24.1 Å². The zero-order valence-corrected chi connectivity index (χ0v) is 19.5. The molecule has 166 valence electrons. The van der Waals surface area contributed by atoms with Crippen molar-refractivity contribution in [3.63, 3.8) is 0 Å². The molecule has 0 saturated heterocycles. The average molecular weight is 457 g/mol. The van der Waals surface area contributed by atoms with E-state index in [-0.39, 0.29) is 11.9 Å². The highest BCUT2D eigenvalue weighted by Crippen LogP contribution is 2.40. The maximum Gasteiger partial charge on any atom is 0.237 e. The number of aromatic nitrogens is 1. The molecule has 7 heteroatoms. The molecule has 0 spiro atoms. The van der Waals surface area contributed by atoms with Crippen molar-refractivity contribution in [2.24, 2.45) is 11.0 Å². The van der Waals surface area contributed by atoms with Crippen LogP contribution in [-0.2, 0) is 4.79 Å². The minimum Gasteiger partial charge on any atom is -0.497 e. The third-order valence-corrected chi connectivity index (χ3v) is 6.76. The summed E-state index contributed by atoms with van der Waals surface area (Å²) in [6, 6.07) is 23.6. The lowest BCUT2D eigenvalue weighted by atomic mass is 9.89. The van der Waals surface area contributed by atoms with Crippen LogP contribution in [0.4, 0.5) is 10.8 Å². The summed E-state index contributed by atoms with van der Waals surface area (Å²) in [5.41, 5.74) is 4.73. The van der Waals surface area contributed by atoms with Crippen LogP contribution in [0.3, 0.4) is 0 Å². The number of hydrazone groups is 1. The summed E-state index contributed by atoms with van der Waals surface area (Å²) in [5.74, 6) is 0.185. The van der Waals surface area contributed by atoms with E-state index in [1.165, 1.54) is 16.9 Å². The van der Waals surface area contributed by atoms with E-state index in [1.54, 1.807) is 7.11 Å². The molecule has 1 amide bonds. The molecule has 2 heterocycles. The van der Waals surface area contributed by atoms with Gasteiger partial charge in [-0.3, -0.25) is 9.80 Å². The molecular weight excluding hydrogens is 432 g/mol. The molecule has 5 rings (SSSR count). The molecule has 0 radical (unpaired) electrons. The first-order valence-corrected chi connectivity index (χ1v) is 11.6. The van der Waals surface area contributed by atoms with Gasteiger partial charge in [0.15, 0.2) is 5.13 Å². The normalized spacial score (nSPS) is 17.8. The van der Waals surface area contributed by atoms with E-state index >= 15 is 0 Å². The fourth-order valence-electron chi connectivity index (χ4n) is 4.20. The van der Waals surface area contributed by atoms with E-state index in [9.17, 15) is 4.79 Å². The van der Waals surface area contributed by atoms with Crippen molar-refractivity contribution in [1.82, 2.24) is 4.98 Å². The summed E-state index contributed by atoms with van der Waals surface area (Å²) in [6.07, 6.45) is 0. The van der Waals surface area contributed by atoms with Crippen LogP contribution < -0.4 is 15.1 Å². The van der Waals surface area contributed by atoms with Crippen LogP contribution >= 0.6 is 11.3 Å². The fraction of sp³-hybridized carbons (Fsp3) is 0.192. The van der Waals surface area contributed by atoms with Crippen molar-refractivity contribution >= 4 is 44.0 Å². The number of amides is 1. The van der Waals surface area contributed by atoms with Crippen LogP contribution in [0.2, 0.25) is 0 Å². The Balaban J connectivity index is 1.50. The Hall–Kier alpha value is -3.71. The number of ether oxygens (including phenoxy) is 1. The number of carbonyl (C=O) groups excluding carboxylic acids is 1. The number of anilines is 2. The molecule has 0 saturated carbocycles. The van der Waals surface area contributed by atoms with E-state index in [0.717, 1.165) is 32.9 Å². The van der Waals surface area contributed by atoms with Crippen LogP contribution in [-0.4, -0.2) is 23.7 Å². The van der Waals surface area contributed by atoms with Gasteiger partial charge in [0.1, 0.15) is 11.7 Å². The van der Waals surface area contributed by atoms with Gasteiger partial charge in [-0.2, -0.15) is 5.10 Å². The lowest BCUT2D eigenvalue weighted by Gasteiger charge is -2.28. The second kappa shape index (κ2) is 8.67. The topological polar surface area (TPSA) is 66.8 Å². The number of nitrogens with one attached hydrogen (secondary N) is 1. The summed E-state index contributed by atoms with van der Waals surface area (Å²) >= 11 is 1.49. The van der Waals surface area contributed by atoms with E-state index in [2.05, 4.69) is 16.4 Å². The number of hydrogen-bond donors (Lipinski definition) is 1. The Morgan fingerprint density at radius 2 is 1.79 bits per heavy atom. The Morgan fingerprint density at radius 3 is 2.52 bits per heavy atom. The molecule has 6 nitrogen and oxygen atoms in total. The van der Waals surface area contributed by atoms with Crippen molar-refractivity contribution in [2.45, 2.75) is 19.9 Å². The summed E-state index contributed by atoms with van der Waals surface area (Å²) < 4.78 is 6.38. The Kier molecular flexibility index (Phi) is 5.56. The molecule has 0 aliphatic carbocycles. The minimum atomic E-state index is -0.465. The third kappa shape index (κ3) is 4.07. The molecular formula is C26H24N4O2S. The van der Waals surface area contributed by atoms with Gasteiger partial charge in [0.2, 0.25) is 5.91 Å². The summed E-state index contributed by atoms with van der Waals surface area (Å²) in [5, 5.41) is 10.4. The van der Waals surface area contributed by atoms with Gasteiger partial charge < -0.3 is 10.1 Å². The van der Waals surface area contributed by atoms with E-state index in [1.807, 2.05) is 85.6 Å². The molecule has 1 aliphatic rings. The number of benzene rings is 3. The lowest BCUT2D eigenvalue weighted by Crippen LogP contribution is -2.34. The first-order valence-electron chi connectivity index (χ1n) is 10.7. The van der Waals surface area contributed by atoms with Gasteiger partial charge in [-0.1, -0.05) is 47.7 Å². The van der Waals surface area contributed by atoms with Gasteiger partial charge >= 0.3 is 0 Å². The molecule has 2 atom stereocenters. The molecule has 0 bridgehead atoms. The van der Waals surface area contributed by atoms with Crippen LogP contribution in [0.5, 0.6) is 5.75 Å². The van der Waals surface area contributed by atoms with Crippen molar-refractivity contribution in [3.05, 3.63) is 83.9 Å². The molecule has 0 fully saturated rings. The molecule has 1 aliphatic heterocycles. The first kappa shape index (κ1) is 21.2. The molecule has 4 aromatic rings. The SMILES string of the molecule is COc1ccc(C2C(C(=O)Nc3nc4ccc(C)cc4s3)C(C)=NN2c2ccccc2)cc1. The highest BCUT2D eigenvalue weighted by molar-refractivity contribution is 7.22. The number of nitrogens with zero attached hydrogens (tertiary/aromatic N) is 3. The highest BCUT2D eigenvalue weighted by atomic mass is 32.1. The highest BCUT2D eigenvalue weighted by Gasteiger charge is 2.42. The number of hydrogen-bond acceptors (Lipinski definition) is 6. The van der Waals surface area contributed by atoms with Gasteiger partial charge in [0.05, 0.1) is 34.8 Å². The maximum atomic E-state index is 13.6. The van der Waals surface area contributed by atoms with Gasteiger partial charge in [-0.05, 0) is 61.4 Å². The van der Waals surface area contributed by atoms with Gasteiger partial charge in [0, 0.05) is 0 Å². The first-order chi connectivity index (χ1) is 16.0. The molecule has 33 heavy (non-hydrogen) atoms. The maximum absolute atomic E-state index is 13.6. The molecule has 3 aromatic carbocycles. The van der Waals surface area contributed by atoms with E-state index in [4.69, 9.17) is 9.84 Å². The summed E-state index contributed by atoms with van der Waals surface area (Å²) in [4.78, 5) is 18.2. The fourth-order valence-corrected chi connectivity index (χ4v) is 5.17. The number of rotatable bonds is 5. The number of methoxy groups -OCH3 is 1. The number of carbonyl (C=O) groups is 1. The van der Waals surface area contributed by atoms with Crippen molar-refractivity contribution in [1.29, 1.82) is 0 Å². The quantitative estimate of drug-likeness (QED) is 0.412. The second-order valence-corrected chi connectivity index (χ2v) is 9.13. The predicted molar refractivity (Wildman–Crippen MR) is 134 cm³/mol. The average Bonchev–Trinajstić information content (AvgIpc) is 3.39. The zero-order valence-electron chi connectivity index (χ0n) is 18.6. The van der Waals surface area contributed by atoms with E-state index < -0.39 is 5.92 Å². The summed E-state index contributed by atoms with van der Waals surface area (Å²) in [7, 11) is 1.64. The standard InChI is InChI=1S/C26H24N4O2S/c1-16-9-14-21-22(15-16)33-26(27-21)28-25(31)23-17(2)29-30(19-7-5-4-6-8-19)24(23)18-10-12-20(32-3)13-11-18/h4-15,23-24H,1-3H3,(H,27,28,31). The minimum absolute atomic E-state index is 0.119. The Morgan fingerprint density at radius 1 is 1.03 bits per heavy atom. The van der Waals surface area contributed by atoms with Gasteiger partial charge in [-0.15, -0.1) is 0 Å². The lowest BCUT2D eigenvalue weighted by molar-refractivity contribution is -0.118. The molecule has 1 N–H and O–H groups in total. The smallest absolute Gasteiger partial charge is 0.237 e. The number of aryl methyl sites for hydroxylation is 1. The van der Waals surface area contributed by atoms with Crippen LogP contribution in [0, 0.1) is 12.8 Å². The van der Waals surface area contributed by atoms with Crippen LogP contribution in [0.25, 0.3) is 10.2 Å². The number of para-hydroxylation sites is 1. The van der Waals surface area contributed by atoms with Crippen molar-refractivity contribution in [2.75, 3.05) is 17.4 Å². The monoisotopic (exact) mass is 456 g/mol. The number of fused-ring (bicyclic) bond motifs is 1. The third-order valence-electron chi connectivity index (χ3n) is 5.83.